The summed E-state index contributed by atoms with van der Waals surface area (Å²) in [6, 6.07) is 10.5. The van der Waals surface area contributed by atoms with Gasteiger partial charge in [0.2, 0.25) is 0 Å². The van der Waals surface area contributed by atoms with Crippen LogP contribution in [0.5, 0.6) is 0 Å². The fourth-order valence-electron chi connectivity index (χ4n) is 3.76. The third-order valence-corrected chi connectivity index (χ3v) is 6.18. The van der Waals surface area contributed by atoms with Gasteiger partial charge in [-0.05, 0) is 62.9 Å². The summed E-state index contributed by atoms with van der Waals surface area (Å²) in [7, 11) is 0. The number of likely N-dealkylation sites (tertiary alicyclic amines) is 1. The Kier molecular flexibility index (Phi) is 4.83. The van der Waals surface area contributed by atoms with Crippen LogP contribution in [0.3, 0.4) is 0 Å². The summed E-state index contributed by atoms with van der Waals surface area (Å²) >= 11 is 1.76. The van der Waals surface area contributed by atoms with Crippen molar-refractivity contribution in [2.45, 2.75) is 32.7 Å². The smallest absolute Gasteiger partial charge is 0.287 e. The molecule has 0 spiro atoms. The van der Waals surface area contributed by atoms with Crippen LogP contribution in [-0.4, -0.2) is 30.4 Å². The first-order valence-corrected chi connectivity index (χ1v) is 10.1. The second kappa shape index (κ2) is 7.25. The Morgan fingerprint density at radius 3 is 2.81 bits per heavy atom. The highest BCUT2D eigenvalue weighted by molar-refractivity contribution is 7.10. The standard InChI is InChI=1S/C21H24N2O2S/c1-14-7-8-16-15(2)20(25-18(16)12-14)21(24)22-13-17(19-6-5-11-26-19)23-9-3-4-10-23/h5-8,11-12,17H,3-4,9-10,13H2,1-2H3,(H,22,24)/t17-/m0/s1. The molecule has 1 aliphatic heterocycles. The van der Waals surface area contributed by atoms with Crippen molar-refractivity contribution in [1.82, 2.24) is 10.2 Å². The zero-order valence-electron chi connectivity index (χ0n) is 15.2. The van der Waals surface area contributed by atoms with Crippen LogP contribution in [-0.2, 0) is 0 Å². The van der Waals surface area contributed by atoms with E-state index in [2.05, 4.69) is 27.7 Å². The molecule has 3 heterocycles. The van der Waals surface area contributed by atoms with E-state index >= 15 is 0 Å². The first-order valence-electron chi connectivity index (χ1n) is 9.19. The number of carbonyl (C=O) groups is 1. The fourth-order valence-corrected chi connectivity index (χ4v) is 4.62. The zero-order chi connectivity index (χ0) is 18.1. The van der Waals surface area contributed by atoms with Crippen LogP contribution in [0, 0.1) is 13.8 Å². The SMILES string of the molecule is Cc1ccc2c(C)c(C(=O)NC[C@@H](c3cccs3)N3CCCC3)oc2c1. The summed E-state index contributed by atoms with van der Waals surface area (Å²) in [5.41, 5.74) is 2.82. The average molecular weight is 369 g/mol. The normalized spacial score (nSPS) is 16.2. The number of hydrogen-bond donors (Lipinski definition) is 1. The van der Waals surface area contributed by atoms with E-state index in [1.54, 1.807) is 11.3 Å². The molecule has 0 radical (unpaired) electrons. The lowest BCUT2D eigenvalue weighted by Crippen LogP contribution is -2.36. The Labute approximate surface area is 157 Å². The van der Waals surface area contributed by atoms with E-state index in [0.717, 1.165) is 35.2 Å². The van der Waals surface area contributed by atoms with Gasteiger partial charge in [0.25, 0.3) is 5.91 Å². The van der Waals surface area contributed by atoms with Crippen molar-refractivity contribution in [2.75, 3.05) is 19.6 Å². The molecule has 1 aliphatic rings. The third kappa shape index (κ3) is 3.29. The number of nitrogens with one attached hydrogen (secondary N) is 1. The molecule has 0 aliphatic carbocycles. The van der Waals surface area contributed by atoms with Crippen LogP contribution in [0.25, 0.3) is 11.0 Å². The predicted octanol–water partition coefficient (Wildman–Crippen LogP) is 4.68. The van der Waals surface area contributed by atoms with Crippen molar-refractivity contribution in [3.63, 3.8) is 0 Å². The topological polar surface area (TPSA) is 45.5 Å². The summed E-state index contributed by atoms with van der Waals surface area (Å²) in [6.45, 7) is 6.78. The van der Waals surface area contributed by atoms with Crippen molar-refractivity contribution < 1.29 is 9.21 Å². The number of amides is 1. The fraction of sp³-hybridized carbons (Fsp3) is 0.381. The largest absolute Gasteiger partial charge is 0.451 e. The summed E-state index contributed by atoms with van der Waals surface area (Å²) in [5.74, 6) is 0.300. The molecule has 1 fully saturated rings. The first-order chi connectivity index (χ1) is 12.6. The Morgan fingerprint density at radius 1 is 1.27 bits per heavy atom. The highest BCUT2D eigenvalue weighted by Crippen LogP contribution is 2.29. The second-order valence-corrected chi connectivity index (χ2v) is 8.02. The maximum atomic E-state index is 12.8. The molecule has 0 unspecified atom stereocenters. The number of aryl methyl sites for hydroxylation is 2. The van der Waals surface area contributed by atoms with Crippen LogP contribution in [0.1, 0.15) is 45.4 Å². The van der Waals surface area contributed by atoms with Crippen molar-refractivity contribution in [1.29, 1.82) is 0 Å². The number of hydrogen-bond acceptors (Lipinski definition) is 4. The van der Waals surface area contributed by atoms with Gasteiger partial charge in [-0.2, -0.15) is 0 Å². The van der Waals surface area contributed by atoms with Gasteiger partial charge in [0.15, 0.2) is 5.76 Å². The highest BCUT2D eigenvalue weighted by atomic mass is 32.1. The van der Waals surface area contributed by atoms with Gasteiger partial charge in [0.05, 0.1) is 6.04 Å². The quantitative estimate of drug-likeness (QED) is 0.711. The molecule has 1 aromatic carbocycles. The molecule has 1 atom stereocenters. The molecular formula is C21H24N2O2S. The van der Waals surface area contributed by atoms with Crippen molar-refractivity contribution >= 4 is 28.2 Å². The minimum absolute atomic E-state index is 0.128. The molecule has 1 amide bonds. The molecule has 0 saturated carbocycles. The van der Waals surface area contributed by atoms with Gasteiger partial charge in [-0.3, -0.25) is 9.69 Å². The number of fused-ring (bicyclic) bond motifs is 1. The van der Waals surface area contributed by atoms with Gasteiger partial charge >= 0.3 is 0 Å². The Balaban J connectivity index is 1.53. The van der Waals surface area contributed by atoms with Gasteiger partial charge in [-0.15, -0.1) is 11.3 Å². The van der Waals surface area contributed by atoms with Crippen molar-refractivity contribution in [3.05, 3.63) is 57.5 Å². The molecule has 5 heteroatoms. The Morgan fingerprint density at radius 2 is 2.08 bits per heavy atom. The van der Waals surface area contributed by atoms with Crippen LogP contribution < -0.4 is 5.32 Å². The molecule has 4 rings (SSSR count). The lowest BCUT2D eigenvalue weighted by molar-refractivity contribution is 0.0912. The summed E-state index contributed by atoms with van der Waals surface area (Å²) < 4.78 is 5.87. The van der Waals surface area contributed by atoms with E-state index in [9.17, 15) is 4.79 Å². The number of furan rings is 1. The summed E-state index contributed by atoms with van der Waals surface area (Å²) in [4.78, 5) is 16.6. The lowest BCUT2D eigenvalue weighted by Gasteiger charge is -2.26. The van der Waals surface area contributed by atoms with Crippen LogP contribution in [0.15, 0.2) is 40.1 Å². The molecule has 0 bridgehead atoms. The van der Waals surface area contributed by atoms with E-state index in [0.29, 0.717) is 12.3 Å². The molecule has 3 aromatic rings. The maximum absolute atomic E-state index is 12.8. The first kappa shape index (κ1) is 17.3. The second-order valence-electron chi connectivity index (χ2n) is 7.04. The highest BCUT2D eigenvalue weighted by Gasteiger charge is 2.26. The molecule has 136 valence electrons. The Bertz CT molecular complexity index is 908. The monoisotopic (exact) mass is 368 g/mol. The Hall–Kier alpha value is -2.11. The molecule has 26 heavy (non-hydrogen) atoms. The third-order valence-electron chi connectivity index (χ3n) is 5.21. The number of benzene rings is 1. The minimum atomic E-state index is -0.128. The maximum Gasteiger partial charge on any atom is 0.287 e. The molecule has 4 nitrogen and oxygen atoms in total. The zero-order valence-corrected chi connectivity index (χ0v) is 16.1. The van der Waals surface area contributed by atoms with Gasteiger partial charge in [0, 0.05) is 22.4 Å². The van der Waals surface area contributed by atoms with E-state index in [4.69, 9.17) is 4.42 Å². The number of carbonyl (C=O) groups excluding carboxylic acids is 1. The van der Waals surface area contributed by atoms with E-state index in [1.165, 1.54) is 17.7 Å². The molecule has 1 saturated heterocycles. The minimum Gasteiger partial charge on any atom is -0.451 e. The average Bonchev–Trinajstić information content (AvgIpc) is 3.37. The van der Waals surface area contributed by atoms with Crippen molar-refractivity contribution in [2.24, 2.45) is 0 Å². The van der Waals surface area contributed by atoms with E-state index < -0.39 is 0 Å². The summed E-state index contributed by atoms with van der Waals surface area (Å²) in [6.07, 6.45) is 2.47. The molecule has 2 aromatic heterocycles. The van der Waals surface area contributed by atoms with Crippen LogP contribution >= 0.6 is 11.3 Å². The predicted molar refractivity (Wildman–Crippen MR) is 106 cm³/mol. The molecular weight excluding hydrogens is 344 g/mol. The number of thiophene rings is 1. The van der Waals surface area contributed by atoms with Gasteiger partial charge in [0.1, 0.15) is 5.58 Å². The van der Waals surface area contributed by atoms with Gasteiger partial charge in [-0.25, -0.2) is 0 Å². The van der Waals surface area contributed by atoms with Crippen LogP contribution in [0.4, 0.5) is 0 Å². The van der Waals surface area contributed by atoms with Crippen LogP contribution in [0.2, 0.25) is 0 Å². The lowest BCUT2D eigenvalue weighted by atomic mass is 10.1. The molecule has 1 N–H and O–H groups in total. The van der Waals surface area contributed by atoms with Gasteiger partial charge < -0.3 is 9.73 Å². The number of nitrogens with zero attached hydrogens (tertiary/aromatic N) is 1. The van der Waals surface area contributed by atoms with Gasteiger partial charge in [-0.1, -0.05) is 18.2 Å². The number of rotatable bonds is 5. The summed E-state index contributed by atoms with van der Waals surface area (Å²) in [5, 5.41) is 6.23. The van der Waals surface area contributed by atoms with E-state index in [1.807, 2.05) is 32.0 Å². The van der Waals surface area contributed by atoms with E-state index in [-0.39, 0.29) is 11.9 Å². The van der Waals surface area contributed by atoms with Crippen molar-refractivity contribution in [3.8, 4) is 0 Å².